The van der Waals surface area contributed by atoms with E-state index in [1.54, 1.807) is 30.3 Å². The molecule has 2 heterocycles. The first-order chi connectivity index (χ1) is 16.2. The van der Waals surface area contributed by atoms with Gasteiger partial charge in [-0.2, -0.15) is 21.0 Å². The molecule has 7 heteroatoms. The maximum absolute atomic E-state index is 9.95. The lowest BCUT2D eigenvalue weighted by Gasteiger charge is -2.11. The molecule has 5 aromatic rings. The summed E-state index contributed by atoms with van der Waals surface area (Å²) in [4.78, 5) is 8.43. The van der Waals surface area contributed by atoms with E-state index < -0.39 is 0 Å². The van der Waals surface area contributed by atoms with Crippen molar-refractivity contribution in [2.24, 2.45) is 0 Å². The molecule has 0 bridgehead atoms. The molecule has 5 rings (SSSR count). The summed E-state index contributed by atoms with van der Waals surface area (Å²) in [5, 5.41) is 39.3. The van der Waals surface area contributed by atoms with Crippen molar-refractivity contribution in [3.05, 3.63) is 89.2 Å². The van der Waals surface area contributed by atoms with E-state index in [1.165, 1.54) is 12.4 Å². The fraction of sp³-hybridized carbons (Fsp3) is 0. The number of fused-ring (bicyclic) bond motifs is 3. The van der Waals surface area contributed by atoms with Gasteiger partial charge in [-0.25, -0.2) is 9.97 Å². The van der Waals surface area contributed by atoms with E-state index in [4.69, 9.17) is 5.26 Å². The fourth-order valence-corrected chi connectivity index (χ4v) is 3.92. The summed E-state index contributed by atoms with van der Waals surface area (Å²) in [5.74, 6) is 0.414. The lowest BCUT2D eigenvalue weighted by molar-refractivity contribution is 1.14. The quantitative estimate of drug-likeness (QED) is 0.406. The molecule has 0 N–H and O–H groups in total. The molecule has 0 radical (unpaired) electrons. The van der Waals surface area contributed by atoms with E-state index in [9.17, 15) is 15.8 Å². The van der Waals surface area contributed by atoms with Crippen LogP contribution in [0.15, 0.2) is 67.0 Å². The molecular weight excluding hydrogens is 410 g/mol. The van der Waals surface area contributed by atoms with Crippen LogP contribution in [-0.2, 0) is 0 Å². The zero-order chi connectivity index (χ0) is 22.9. The molecule has 2 aromatic heterocycles. The summed E-state index contributed by atoms with van der Waals surface area (Å²) in [5.41, 5.74) is 4.73. The van der Waals surface area contributed by atoms with Crippen LogP contribution in [0.1, 0.15) is 22.3 Å². The average Bonchev–Trinajstić information content (AvgIpc) is 3.20. The van der Waals surface area contributed by atoms with Crippen LogP contribution in [0.2, 0.25) is 0 Å². The van der Waals surface area contributed by atoms with Gasteiger partial charge in [-0.15, -0.1) is 0 Å². The molecule has 0 fully saturated rings. The molecule has 0 aliphatic rings. The summed E-state index contributed by atoms with van der Waals surface area (Å²) < 4.78 is 1.95. The Morgan fingerprint density at radius 3 is 1.70 bits per heavy atom. The van der Waals surface area contributed by atoms with Crippen LogP contribution in [0.25, 0.3) is 38.9 Å². The summed E-state index contributed by atoms with van der Waals surface area (Å²) in [6.07, 6.45) is 2.88. The van der Waals surface area contributed by atoms with Crippen LogP contribution in [0, 0.1) is 45.3 Å². The largest absolute Gasteiger partial charge is 0.308 e. The van der Waals surface area contributed by atoms with Crippen LogP contribution in [0.4, 0.5) is 0 Å². The van der Waals surface area contributed by atoms with Gasteiger partial charge in [0.2, 0.25) is 0 Å². The van der Waals surface area contributed by atoms with E-state index >= 15 is 0 Å². The van der Waals surface area contributed by atoms with Crippen molar-refractivity contribution in [1.82, 2.24) is 14.5 Å². The number of hydrogen-bond acceptors (Lipinski definition) is 6. The number of benzene rings is 3. The van der Waals surface area contributed by atoms with E-state index in [2.05, 4.69) is 28.2 Å². The SMILES string of the molecule is N#Cc1cnc(-c2ccc(-n3c4ccc(C#N)cc4c4cc(C#N)ccc43)c(C#N)c2)nc1. The monoisotopic (exact) mass is 421 g/mol. The number of hydrogen-bond donors (Lipinski definition) is 0. The fourth-order valence-electron chi connectivity index (χ4n) is 3.92. The van der Waals surface area contributed by atoms with Gasteiger partial charge in [-0.05, 0) is 54.6 Å². The molecule has 0 amide bonds. The molecular formula is C26H11N7. The first-order valence-corrected chi connectivity index (χ1v) is 9.82. The van der Waals surface area contributed by atoms with Crippen molar-refractivity contribution in [1.29, 1.82) is 21.0 Å². The second-order valence-corrected chi connectivity index (χ2v) is 7.27. The van der Waals surface area contributed by atoms with Crippen molar-refractivity contribution in [3.8, 4) is 41.4 Å². The van der Waals surface area contributed by atoms with Gasteiger partial charge in [0.1, 0.15) is 12.1 Å². The zero-order valence-electron chi connectivity index (χ0n) is 17.0. The molecule has 0 aliphatic carbocycles. The molecule has 0 spiro atoms. The Balaban J connectivity index is 1.78. The standard InChI is InChI=1S/C26H11N7/c27-10-16-1-4-24-21(7-16)22-8-17(11-28)2-5-25(22)33(24)23-6-3-19(9-20(23)13-30)26-31-14-18(12-29)15-32-26/h1-9,14-15H. The molecule has 0 atom stereocenters. The highest BCUT2D eigenvalue weighted by Crippen LogP contribution is 2.35. The van der Waals surface area contributed by atoms with Gasteiger partial charge >= 0.3 is 0 Å². The van der Waals surface area contributed by atoms with Crippen molar-refractivity contribution in [3.63, 3.8) is 0 Å². The predicted molar refractivity (Wildman–Crippen MR) is 121 cm³/mol. The summed E-state index contributed by atoms with van der Waals surface area (Å²) in [6, 6.07) is 24.6. The third kappa shape index (κ3) is 3.11. The third-order valence-electron chi connectivity index (χ3n) is 5.42. The lowest BCUT2D eigenvalue weighted by Crippen LogP contribution is -1.99. The normalized spacial score (nSPS) is 10.3. The minimum atomic E-state index is 0.356. The third-order valence-corrected chi connectivity index (χ3v) is 5.42. The maximum atomic E-state index is 9.95. The highest BCUT2D eigenvalue weighted by molar-refractivity contribution is 6.10. The molecule has 0 aliphatic heterocycles. The number of aromatic nitrogens is 3. The second kappa shape index (κ2) is 7.64. The highest BCUT2D eigenvalue weighted by Gasteiger charge is 2.17. The summed E-state index contributed by atoms with van der Waals surface area (Å²) in [7, 11) is 0. The van der Waals surface area contributed by atoms with Crippen LogP contribution in [0.3, 0.4) is 0 Å². The molecule has 0 saturated carbocycles. The Hall–Kier alpha value is -5.50. The van der Waals surface area contributed by atoms with Crippen LogP contribution in [0.5, 0.6) is 0 Å². The van der Waals surface area contributed by atoms with Gasteiger partial charge in [-0.1, -0.05) is 0 Å². The molecule has 0 saturated heterocycles. The minimum absolute atomic E-state index is 0.356. The Kier molecular flexibility index (Phi) is 4.50. The number of nitriles is 4. The first kappa shape index (κ1) is 19.5. The first-order valence-electron chi connectivity index (χ1n) is 9.82. The highest BCUT2D eigenvalue weighted by atomic mass is 15.0. The van der Waals surface area contributed by atoms with Gasteiger partial charge in [0.15, 0.2) is 5.82 Å². The number of rotatable bonds is 2. The predicted octanol–water partition coefficient (Wildman–Crippen LogP) is 4.73. The topological polar surface area (TPSA) is 126 Å². The van der Waals surface area contributed by atoms with Crippen molar-refractivity contribution < 1.29 is 0 Å². The van der Waals surface area contributed by atoms with E-state index in [-0.39, 0.29) is 0 Å². The van der Waals surface area contributed by atoms with Crippen LogP contribution in [-0.4, -0.2) is 14.5 Å². The Morgan fingerprint density at radius 1 is 0.606 bits per heavy atom. The van der Waals surface area contributed by atoms with Gasteiger partial charge in [0, 0.05) is 28.7 Å². The van der Waals surface area contributed by atoms with E-state index in [0.29, 0.717) is 39.3 Å². The number of nitrogens with zero attached hydrogens (tertiary/aromatic N) is 7. The molecule has 3 aromatic carbocycles. The van der Waals surface area contributed by atoms with Crippen LogP contribution >= 0.6 is 0 Å². The lowest BCUT2D eigenvalue weighted by atomic mass is 10.1. The zero-order valence-corrected chi connectivity index (χ0v) is 17.0. The van der Waals surface area contributed by atoms with Gasteiger partial charge in [0.25, 0.3) is 0 Å². The average molecular weight is 421 g/mol. The van der Waals surface area contributed by atoms with E-state index in [0.717, 1.165) is 21.8 Å². The van der Waals surface area contributed by atoms with Crippen molar-refractivity contribution in [2.45, 2.75) is 0 Å². The Bertz CT molecular complexity index is 1680. The summed E-state index contributed by atoms with van der Waals surface area (Å²) in [6.45, 7) is 0. The van der Waals surface area contributed by atoms with E-state index in [1.807, 2.05) is 34.9 Å². The Morgan fingerprint density at radius 2 is 1.18 bits per heavy atom. The minimum Gasteiger partial charge on any atom is -0.308 e. The van der Waals surface area contributed by atoms with Crippen LogP contribution < -0.4 is 0 Å². The second-order valence-electron chi connectivity index (χ2n) is 7.27. The van der Waals surface area contributed by atoms with Crippen molar-refractivity contribution in [2.75, 3.05) is 0 Å². The van der Waals surface area contributed by atoms with Gasteiger partial charge in [-0.3, -0.25) is 0 Å². The molecule has 7 nitrogen and oxygen atoms in total. The van der Waals surface area contributed by atoms with Crippen molar-refractivity contribution >= 4 is 21.8 Å². The maximum Gasteiger partial charge on any atom is 0.159 e. The molecule has 150 valence electrons. The molecule has 0 unspecified atom stereocenters. The smallest absolute Gasteiger partial charge is 0.159 e. The summed E-state index contributed by atoms with van der Waals surface area (Å²) >= 11 is 0. The van der Waals surface area contributed by atoms with Gasteiger partial charge in [0.05, 0.1) is 51.1 Å². The van der Waals surface area contributed by atoms with Gasteiger partial charge < -0.3 is 4.57 Å². The molecule has 33 heavy (non-hydrogen) atoms. The Labute approximate surface area is 188 Å².